The summed E-state index contributed by atoms with van der Waals surface area (Å²) in [5.41, 5.74) is 1.19. The summed E-state index contributed by atoms with van der Waals surface area (Å²) in [4.78, 5) is 26.5. The highest BCUT2D eigenvalue weighted by Gasteiger charge is 2.20. The molecule has 0 aliphatic carbocycles. The van der Waals surface area contributed by atoms with Gasteiger partial charge in [-0.1, -0.05) is 6.07 Å². The fourth-order valence-corrected chi connectivity index (χ4v) is 2.51. The van der Waals surface area contributed by atoms with E-state index in [1.54, 1.807) is 18.4 Å². The lowest BCUT2D eigenvalue weighted by atomic mass is 10.1. The molecule has 8 heteroatoms. The summed E-state index contributed by atoms with van der Waals surface area (Å²) in [6, 6.07) is 4.38. The number of rotatable bonds is 4. The quantitative estimate of drug-likeness (QED) is 0.533. The highest BCUT2D eigenvalue weighted by Crippen LogP contribution is 2.23. The summed E-state index contributed by atoms with van der Waals surface area (Å²) in [5, 5.41) is 15.6. The fourth-order valence-electron chi connectivity index (χ4n) is 1.58. The topological polar surface area (TPSA) is 85.1 Å². The molecule has 1 aromatic heterocycles. The largest absolute Gasteiger partial charge is 0.298 e. The highest BCUT2D eigenvalue weighted by molar-refractivity contribution is 7.14. The maximum atomic E-state index is 12.1. The molecule has 1 N–H and O–H groups in total. The summed E-state index contributed by atoms with van der Waals surface area (Å²) >= 11 is 6.84. The second-order valence-electron chi connectivity index (χ2n) is 4.01. The molecule has 0 bridgehead atoms. The molecule has 0 aliphatic rings. The van der Waals surface area contributed by atoms with Gasteiger partial charge < -0.3 is 0 Å². The van der Waals surface area contributed by atoms with Crippen molar-refractivity contribution in [2.45, 2.75) is 12.8 Å². The molecule has 0 spiro atoms. The zero-order valence-corrected chi connectivity index (χ0v) is 12.0. The Labute approximate surface area is 123 Å². The van der Waals surface area contributed by atoms with E-state index in [-0.39, 0.29) is 17.1 Å². The number of aryl methyl sites for hydroxylation is 1. The Kier molecular flexibility index (Phi) is 4.31. The number of nitrogens with one attached hydrogen (secondary N) is 1. The first kappa shape index (κ1) is 14.4. The van der Waals surface area contributed by atoms with Gasteiger partial charge in [-0.25, -0.2) is 4.98 Å². The Morgan fingerprint density at radius 2 is 2.30 bits per heavy atom. The summed E-state index contributed by atoms with van der Waals surface area (Å²) in [7, 11) is 0. The Bertz CT molecular complexity index is 672. The van der Waals surface area contributed by atoms with E-state index >= 15 is 0 Å². The van der Waals surface area contributed by atoms with Crippen LogP contribution in [0.2, 0.25) is 0 Å². The molecule has 2 rings (SSSR count). The van der Waals surface area contributed by atoms with Crippen LogP contribution in [-0.4, -0.2) is 15.8 Å². The zero-order chi connectivity index (χ0) is 14.7. The van der Waals surface area contributed by atoms with E-state index in [1.807, 2.05) is 0 Å². The molecule has 1 heterocycles. The van der Waals surface area contributed by atoms with Crippen LogP contribution in [0.25, 0.3) is 0 Å². The lowest BCUT2D eigenvalue weighted by Gasteiger charge is -2.04. The van der Waals surface area contributed by atoms with Crippen molar-refractivity contribution in [2.24, 2.45) is 0 Å². The Morgan fingerprint density at radius 1 is 1.55 bits per heavy atom. The molecule has 0 saturated heterocycles. The van der Waals surface area contributed by atoms with Gasteiger partial charge in [0.05, 0.1) is 16.5 Å². The van der Waals surface area contributed by atoms with Crippen molar-refractivity contribution < 1.29 is 9.72 Å². The number of thiazole rings is 1. The van der Waals surface area contributed by atoms with Crippen molar-refractivity contribution in [1.29, 1.82) is 0 Å². The third-order valence-electron chi connectivity index (χ3n) is 2.50. The number of halogens is 1. The molecule has 6 nitrogen and oxygen atoms in total. The molecule has 0 radical (unpaired) electrons. The Balaban J connectivity index is 2.28. The van der Waals surface area contributed by atoms with Gasteiger partial charge in [-0.2, -0.15) is 0 Å². The molecule has 0 saturated carbocycles. The SMILES string of the molecule is Cc1ccc([N+](=O)[O-])c(C(=O)Nc2nc(CCl)cs2)c1. The summed E-state index contributed by atoms with van der Waals surface area (Å²) in [6.07, 6.45) is 0. The van der Waals surface area contributed by atoms with Crippen molar-refractivity contribution in [3.63, 3.8) is 0 Å². The van der Waals surface area contributed by atoms with E-state index in [0.717, 1.165) is 5.56 Å². The van der Waals surface area contributed by atoms with Gasteiger partial charge in [0.15, 0.2) is 5.13 Å². The maximum absolute atomic E-state index is 12.1. The number of aromatic nitrogens is 1. The second-order valence-corrected chi connectivity index (χ2v) is 5.13. The molecule has 1 amide bonds. The van der Waals surface area contributed by atoms with Crippen LogP contribution in [0, 0.1) is 17.0 Å². The first-order chi connectivity index (χ1) is 9.51. The van der Waals surface area contributed by atoms with Crippen LogP contribution in [0.1, 0.15) is 21.6 Å². The molecule has 1 aromatic carbocycles. The van der Waals surface area contributed by atoms with Gasteiger partial charge in [0.25, 0.3) is 11.6 Å². The molecule has 0 atom stereocenters. The number of benzene rings is 1. The normalized spacial score (nSPS) is 10.3. The number of carbonyl (C=O) groups excluding carboxylic acids is 1. The van der Waals surface area contributed by atoms with E-state index < -0.39 is 10.8 Å². The lowest BCUT2D eigenvalue weighted by Crippen LogP contribution is -2.14. The first-order valence-electron chi connectivity index (χ1n) is 5.58. The molecule has 0 fully saturated rings. The molecular formula is C12H10ClN3O3S. The maximum Gasteiger partial charge on any atom is 0.282 e. The van der Waals surface area contributed by atoms with Crippen molar-refractivity contribution >= 4 is 39.7 Å². The van der Waals surface area contributed by atoms with E-state index in [0.29, 0.717) is 10.8 Å². The number of nitrogens with zero attached hydrogens (tertiary/aromatic N) is 2. The van der Waals surface area contributed by atoms with E-state index in [9.17, 15) is 14.9 Å². The average Bonchev–Trinajstić information content (AvgIpc) is 2.85. The smallest absolute Gasteiger partial charge is 0.282 e. The minimum absolute atomic E-state index is 0.0117. The number of hydrogen-bond donors (Lipinski definition) is 1. The molecule has 0 aliphatic heterocycles. The number of nitro benzene ring substituents is 1. The second kappa shape index (κ2) is 5.98. The minimum Gasteiger partial charge on any atom is -0.298 e. The lowest BCUT2D eigenvalue weighted by molar-refractivity contribution is -0.385. The highest BCUT2D eigenvalue weighted by atomic mass is 35.5. The summed E-state index contributed by atoms with van der Waals surface area (Å²) < 4.78 is 0. The predicted molar refractivity (Wildman–Crippen MR) is 77.5 cm³/mol. The molecule has 0 unspecified atom stereocenters. The van der Waals surface area contributed by atoms with Gasteiger partial charge in [0.1, 0.15) is 5.56 Å². The van der Waals surface area contributed by atoms with Crippen LogP contribution < -0.4 is 5.32 Å². The fraction of sp³-hybridized carbons (Fsp3) is 0.167. The third-order valence-corrected chi connectivity index (χ3v) is 3.58. The number of amides is 1. The van der Waals surface area contributed by atoms with Gasteiger partial charge in [-0.15, -0.1) is 22.9 Å². The Hall–Kier alpha value is -1.99. The number of carbonyl (C=O) groups is 1. The molecule has 20 heavy (non-hydrogen) atoms. The monoisotopic (exact) mass is 311 g/mol. The van der Waals surface area contributed by atoms with Crippen molar-refractivity contribution in [3.05, 3.63) is 50.5 Å². The number of nitro groups is 1. The van der Waals surface area contributed by atoms with Gasteiger partial charge in [0.2, 0.25) is 0 Å². The minimum atomic E-state index is -0.583. The van der Waals surface area contributed by atoms with Crippen LogP contribution in [0.3, 0.4) is 0 Å². The van der Waals surface area contributed by atoms with Crippen LogP contribution in [0.5, 0.6) is 0 Å². The number of alkyl halides is 1. The summed E-state index contributed by atoms with van der Waals surface area (Å²) in [6.45, 7) is 1.76. The van der Waals surface area contributed by atoms with Crippen molar-refractivity contribution in [3.8, 4) is 0 Å². The van der Waals surface area contributed by atoms with Crippen LogP contribution in [-0.2, 0) is 5.88 Å². The zero-order valence-electron chi connectivity index (χ0n) is 10.4. The van der Waals surface area contributed by atoms with Crippen molar-refractivity contribution in [1.82, 2.24) is 4.98 Å². The van der Waals surface area contributed by atoms with Gasteiger partial charge in [-0.3, -0.25) is 20.2 Å². The van der Waals surface area contributed by atoms with Gasteiger partial charge in [0, 0.05) is 11.4 Å². The average molecular weight is 312 g/mol. The standard InChI is InChI=1S/C12H10ClN3O3S/c1-7-2-3-10(16(18)19)9(4-7)11(17)15-12-14-8(5-13)6-20-12/h2-4,6H,5H2,1H3,(H,14,15,17). The van der Waals surface area contributed by atoms with Gasteiger partial charge in [-0.05, 0) is 18.6 Å². The van der Waals surface area contributed by atoms with Crippen LogP contribution in [0.4, 0.5) is 10.8 Å². The molecule has 104 valence electrons. The third kappa shape index (κ3) is 3.12. The predicted octanol–water partition coefficient (Wildman–Crippen LogP) is 3.35. The van der Waals surface area contributed by atoms with Crippen LogP contribution >= 0.6 is 22.9 Å². The van der Waals surface area contributed by atoms with Crippen LogP contribution in [0.15, 0.2) is 23.6 Å². The van der Waals surface area contributed by atoms with E-state index in [1.165, 1.54) is 23.5 Å². The van der Waals surface area contributed by atoms with Crippen molar-refractivity contribution in [2.75, 3.05) is 5.32 Å². The van der Waals surface area contributed by atoms with Gasteiger partial charge >= 0.3 is 0 Å². The van der Waals surface area contributed by atoms with E-state index in [2.05, 4.69) is 10.3 Å². The number of hydrogen-bond acceptors (Lipinski definition) is 5. The summed E-state index contributed by atoms with van der Waals surface area (Å²) in [5.74, 6) is -0.312. The number of anilines is 1. The Morgan fingerprint density at radius 3 is 2.90 bits per heavy atom. The molecular weight excluding hydrogens is 302 g/mol. The molecule has 2 aromatic rings. The first-order valence-corrected chi connectivity index (χ1v) is 6.99. The van der Waals surface area contributed by atoms with E-state index in [4.69, 9.17) is 11.6 Å².